The smallest absolute Gasteiger partial charge is 0.272 e. The average molecular weight is 475 g/mol. The molecule has 0 saturated heterocycles. The van der Waals surface area contributed by atoms with Crippen molar-refractivity contribution in [2.75, 3.05) is 11.9 Å². The molecule has 0 unspecified atom stereocenters. The zero-order valence-corrected chi connectivity index (χ0v) is 21.6. The van der Waals surface area contributed by atoms with Crippen LogP contribution in [-0.4, -0.2) is 33.2 Å². The van der Waals surface area contributed by atoms with Crippen molar-refractivity contribution in [1.29, 1.82) is 0 Å². The summed E-state index contributed by atoms with van der Waals surface area (Å²) in [5.41, 5.74) is 4.82. The third-order valence-electron chi connectivity index (χ3n) is 6.44. The Labute approximate surface area is 209 Å². The number of amides is 1. The maximum atomic E-state index is 14.1. The van der Waals surface area contributed by atoms with Gasteiger partial charge in [-0.1, -0.05) is 64.1 Å². The van der Waals surface area contributed by atoms with Crippen LogP contribution in [0, 0.1) is 11.8 Å². The maximum absolute atomic E-state index is 14.1. The van der Waals surface area contributed by atoms with Gasteiger partial charge in [-0.2, -0.15) is 5.10 Å². The van der Waals surface area contributed by atoms with Crippen molar-refractivity contribution in [1.82, 2.24) is 14.7 Å². The van der Waals surface area contributed by atoms with E-state index in [4.69, 9.17) is 4.74 Å². The van der Waals surface area contributed by atoms with Crippen LogP contribution in [0.1, 0.15) is 61.4 Å². The van der Waals surface area contributed by atoms with E-state index in [0.717, 1.165) is 41.1 Å². The Balaban J connectivity index is 1.76. The van der Waals surface area contributed by atoms with Gasteiger partial charge in [0.1, 0.15) is 18.1 Å². The topological polar surface area (TPSA) is 59.4 Å². The fraction of sp³-hybridized carbons (Fsp3) is 0.448. The summed E-state index contributed by atoms with van der Waals surface area (Å²) in [6.45, 7) is 10.3. The van der Waals surface area contributed by atoms with E-state index in [1.54, 1.807) is 4.68 Å². The van der Waals surface area contributed by atoms with Gasteiger partial charge in [-0.3, -0.25) is 9.48 Å². The molecule has 2 heterocycles. The molecule has 186 valence electrons. The van der Waals surface area contributed by atoms with Gasteiger partial charge in [0.05, 0.1) is 11.7 Å². The SMILES string of the molecule is CC(C)Cc1cc(C(=O)N2Cc3ccccc3NCc3ccccc3OC[C@@H]2CC(C)C)n(C)n1. The van der Waals surface area contributed by atoms with Crippen LogP contribution < -0.4 is 10.1 Å². The first-order valence-electron chi connectivity index (χ1n) is 12.7. The monoisotopic (exact) mass is 474 g/mol. The Morgan fingerprint density at radius 2 is 1.77 bits per heavy atom. The number of nitrogens with one attached hydrogen (secondary N) is 1. The van der Waals surface area contributed by atoms with Crippen molar-refractivity contribution in [3.8, 4) is 5.75 Å². The highest BCUT2D eigenvalue weighted by molar-refractivity contribution is 5.93. The van der Waals surface area contributed by atoms with Crippen molar-refractivity contribution < 1.29 is 9.53 Å². The molecule has 0 aliphatic carbocycles. The number of rotatable bonds is 5. The number of carbonyl (C=O) groups is 1. The Morgan fingerprint density at radius 3 is 2.51 bits per heavy atom. The first-order valence-corrected chi connectivity index (χ1v) is 12.7. The molecular formula is C29H38N4O2. The highest BCUT2D eigenvalue weighted by Gasteiger charge is 2.30. The van der Waals surface area contributed by atoms with Crippen LogP contribution >= 0.6 is 0 Å². The summed E-state index contributed by atoms with van der Waals surface area (Å²) in [6, 6.07) is 18.3. The summed E-state index contributed by atoms with van der Waals surface area (Å²) in [5.74, 6) is 1.74. The number of hydrogen-bond acceptors (Lipinski definition) is 4. The van der Waals surface area contributed by atoms with Gasteiger partial charge in [-0.25, -0.2) is 0 Å². The molecule has 0 spiro atoms. The predicted molar refractivity (Wildman–Crippen MR) is 141 cm³/mol. The minimum Gasteiger partial charge on any atom is -0.491 e. The molecule has 1 aromatic heterocycles. The van der Waals surface area contributed by atoms with Gasteiger partial charge in [0.25, 0.3) is 5.91 Å². The number of aryl methyl sites for hydroxylation is 1. The van der Waals surface area contributed by atoms with Gasteiger partial charge in [0.2, 0.25) is 0 Å². The van der Waals surface area contributed by atoms with Crippen molar-refractivity contribution >= 4 is 11.6 Å². The summed E-state index contributed by atoms with van der Waals surface area (Å²) < 4.78 is 8.11. The van der Waals surface area contributed by atoms with Gasteiger partial charge < -0.3 is 15.0 Å². The standard InChI is InChI=1S/C29H38N4O2/c1-20(2)14-24-16-27(32(5)31-24)29(34)33-18-23-11-6-8-12-26(23)30-17-22-10-7-9-13-28(22)35-19-25(33)15-21(3)4/h6-13,16,20-21,25,30H,14-15,17-19H2,1-5H3/t25-/m0/s1. The highest BCUT2D eigenvalue weighted by atomic mass is 16.5. The number of nitrogens with zero attached hydrogens (tertiary/aromatic N) is 3. The van der Waals surface area contributed by atoms with Gasteiger partial charge in [0, 0.05) is 31.4 Å². The molecule has 0 fully saturated rings. The fourth-order valence-electron chi connectivity index (χ4n) is 4.77. The summed E-state index contributed by atoms with van der Waals surface area (Å²) in [5, 5.41) is 8.22. The van der Waals surface area contributed by atoms with E-state index in [2.05, 4.69) is 56.3 Å². The fourth-order valence-corrected chi connectivity index (χ4v) is 4.77. The second kappa shape index (κ2) is 11.0. The number of aromatic nitrogens is 2. The van der Waals surface area contributed by atoms with E-state index in [-0.39, 0.29) is 11.9 Å². The summed E-state index contributed by atoms with van der Waals surface area (Å²) in [4.78, 5) is 16.1. The average Bonchev–Trinajstić information content (AvgIpc) is 3.17. The van der Waals surface area contributed by atoms with Gasteiger partial charge in [-0.05, 0) is 48.4 Å². The molecule has 2 aromatic carbocycles. The lowest BCUT2D eigenvalue weighted by Crippen LogP contribution is -2.44. The predicted octanol–water partition coefficient (Wildman–Crippen LogP) is 5.68. The first-order chi connectivity index (χ1) is 16.8. The molecule has 6 nitrogen and oxygen atoms in total. The Bertz CT molecular complexity index is 1150. The lowest BCUT2D eigenvalue weighted by atomic mass is 10.0. The van der Waals surface area contributed by atoms with Crippen LogP contribution in [0.3, 0.4) is 0 Å². The van der Waals surface area contributed by atoms with E-state index in [1.165, 1.54) is 0 Å². The Morgan fingerprint density at radius 1 is 1.06 bits per heavy atom. The molecular weight excluding hydrogens is 436 g/mol. The van der Waals surface area contributed by atoms with Gasteiger partial charge in [0.15, 0.2) is 0 Å². The minimum absolute atomic E-state index is 0.00779. The number of para-hydroxylation sites is 2. The van der Waals surface area contributed by atoms with Crippen molar-refractivity contribution in [2.24, 2.45) is 18.9 Å². The number of benzene rings is 2. The van der Waals surface area contributed by atoms with E-state index < -0.39 is 0 Å². The van der Waals surface area contributed by atoms with E-state index in [0.29, 0.717) is 37.2 Å². The molecule has 0 saturated carbocycles. The molecule has 4 rings (SSSR count). The zero-order chi connectivity index (χ0) is 24.9. The van der Waals surface area contributed by atoms with Crippen molar-refractivity contribution in [2.45, 2.75) is 59.7 Å². The van der Waals surface area contributed by atoms with Crippen LogP contribution in [0.15, 0.2) is 54.6 Å². The molecule has 1 N–H and O–H groups in total. The Hall–Kier alpha value is -3.28. The molecule has 0 radical (unpaired) electrons. The number of hydrogen-bond donors (Lipinski definition) is 1. The van der Waals surface area contributed by atoms with E-state index in [9.17, 15) is 4.79 Å². The Kier molecular flexibility index (Phi) is 7.79. The first kappa shape index (κ1) is 24.8. The van der Waals surface area contributed by atoms with Crippen molar-refractivity contribution in [3.05, 3.63) is 77.1 Å². The lowest BCUT2D eigenvalue weighted by molar-refractivity contribution is 0.0547. The van der Waals surface area contributed by atoms with Crippen LogP contribution in [0.4, 0.5) is 5.69 Å². The molecule has 0 bridgehead atoms. The van der Waals surface area contributed by atoms with Crippen LogP contribution in [-0.2, 0) is 26.6 Å². The molecule has 1 amide bonds. The van der Waals surface area contributed by atoms with Crippen LogP contribution in [0.5, 0.6) is 5.75 Å². The van der Waals surface area contributed by atoms with Gasteiger partial charge >= 0.3 is 0 Å². The second-order valence-corrected chi connectivity index (χ2v) is 10.4. The number of carbonyl (C=O) groups excluding carboxylic acids is 1. The van der Waals surface area contributed by atoms with E-state index >= 15 is 0 Å². The van der Waals surface area contributed by atoms with E-state index in [1.807, 2.05) is 48.3 Å². The molecule has 6 heteroatoms. The molecule has 3 aromatic rings. The normalized spacial score (nSPS) is 16.2. The third kappa shape index (κ3) is 6.05. The third-order valence-corrected chi connectivity index (χ3v) is 6.44. The highest BCUT2D eigenvalue weighted by Crippen LogP contribution is 2.27. The molecule has 1 atom stereocenters. The second-order valence-electron chi connectivity index (χ2n) is 10.4. The molecule has 1 aliphatic heterocycles. The number of fused-ring (bicyclic) bond motifs is 2. The summed E-state index contributed by atoms with van der Waals surface area (Å²) in [7, 11) is 1.86. The molecule has 35 heavy (non-hydrogen) atoms. The van der Waals surface area contributed by atoms with Crippen LogP contribution in [0.2, 0.25) is 0 Å². The van der Waals surface area contributed by atoms with Crippen molar-refractivity contribution in [3.63, 3.8) is 0 Å². The minimum atomic E-state index is -0.0786. The largest absolute Gasteiger partial charge is 0.491 e. The number of ether oxygens (including phenoxy) is 1. The maximum Gasteiger partial charge on any atom is 0.272 e. The number of anilines is 1. The van der Waals surface area contributed by atoms with Crippen LogP contribution in [0.25, 0.3) is 0 Å². The summed E-state index contributed by atoms with van der Waals surface area (Å²) in [6.07, 6.45) is 1.70. The van der Waals surface area contributed by atoms with Gasteiger partial charge in [-0.15, -0.1) is 0 Å². The zero-order valence-electron chi connectivity index (χ0n) is 21.6. The lowest BCUT2D eigenvalue weighted by Gasteiger charge is -2.33. The molecule has 1 aliphatic rings. The summed E-state index contributed by atoms with van der Waals surface area (Å²) >= 11 is 0. The quantitative estimate of drug-likeness (QED) is 0.517.